The molecule has 0 saturated heterocycles. The van der Waals surface area contributed by atoms with Crippen LogP contribution in [-0.4, -0.2) is 11.1 Å². The minimum Gasteiger partial charge on any atom is -0.478 e. The van der Waals surface area contributed by atoms with Gasteiger partial charge in [0.15, 0.2) is 0 Å². The molecule has 0 spiro atoms. The number of hydrogen-bond donors (Lipinski definition) is 2. The van der Waals surface area contributed by atoms with Crippen molar-refractivity contribution in [1.29, 1.82) is 0 Å². The second-order valence-corrected chi connectivity index (χ2v) is 8.68. The van der Waals surface area contributed by atoms with Crippen molar-refractivity contribution < 1.29 is 9.90 Å². The summed E-state index contributed by atoms with van der Waals surface area (Å²) in [4.78, 5) is 11.2. The highest BCUT2D eigenvalue weighted by Gasteiger charge is 2.54. The number of aromatic carboxylic acids is 1. The molecule has 5 rings (SSSR count). The number of carboxylic acids is 1. The number of nitrogens with one attached hydrogen (secondary N) is 1. The maximum atomic E-state index is 11.2. The van der Waals surface area contributed by atoms with Crippen molar-refractivity contribution in [3.8, 4) is 0 Å². The van der Waals surface area contributed by atoms with Crippen molar-refractivity contribution in [2.75, 3.05) is 5.32 Å². The lowest BCUT2D eigenvalue weighted by Gasteiger charge is -2.44. The average Bonchev–Trinajstić information content (AvgIpc) is 3.23. The minimum atomic E-state index is -0.894. The molecule has 5 heteroatoms. The van der Waals surface area contributed by atoms with E-state index in [0.29, 0.717) is 39.3 Å². The molecule has 1 heterocycles. The molecule has 0 aromatic heterocycles. The predicted octanol–water partition coefficient (Wildman–Crippen LogP) is 5.99. The first-order valence-electron chi connectivity index (χ1n) is 9.11. The number of fused-ring (bicyclic) bond motifs is 7. The fraction of sp³-hybridized carbons (Fsp3) is 0.381. The lowest BCUT2D eigenvalue weighted by atomic mass is 9.68. The van der Waals surface area contributed by atoms with E-state index < -0.39 is 5.97 Å². The number of carbonyl (C=O) groups is 1. The summed E-state index contributed by atoms with van der Waals surface area (Å²) in [6, 6.07) is 11.3. The van der Waals surface area contributed by atoms with E-state index in [9.17, 15) is 4.79 Å². The molecule has 2 fully saturated rings. The van der Waals surface area contributed by atoms with Crippen LogP contribution in [0.2, 0.25) is 10.0 Å². The van der Waals surface area contributed by atoms with Gasteiger partial charge in [-0.15, -0.1) is 0 Å². The molecule has 3 nitrogen and oxygen atoms in total. The summed E-state index contributed by atoms with van der Waals surface area (Å²) >= 11 is 12.8. The van der Waals surface area contributed by atoms with Crippen molar-refractivity contribution in [2.45, 2.75) is 31.2 Å². The molecule has 134 valence electrons. The van der Waals surface area contributed by atoms with Crippen LogP contribution in [0, 0.1) is 17.8 Å². The van der Waals surface area contributed by atoms with Crippen LogP contribution in [0.4, 0.5) is 5.69 Å². The van der Waals surface area contributed by atoms with Gasteiger partial charge in [-0.2, -0.15) is 0 Å². The molecule has 0 unspecified atom stereocenters. The summed E-state index contributed by atoms with van der Waals surface area (Å²) < 4.78 is 0. The molecule has 3 aliphatic rings. The number of halogens is 2. The molecule has 2 bridgehead atoms. The third-order valence-corrected chi connectivity index (χ3v) is 7.14. The third-order valence-electron chi connectivity index (χ3n) is 6.63. The molecule has 2 N–H and O–H groups in total. The average molecular weight is 388 g/mol. The van der Waals surface area contributed by atoms with Crippen LogP contribution in [0.25, 0.3) is 0 Å². The van der Waals surface area contributed by atoms with Gasteiger partial charge in [0, 0.05) is 5.02 Å². The summed E-state index contributed by atoms with van der Waals surface area (Å²) in [6.45, 7) is 0. The van der Waals surface area contributed by atoms with E-state index >= 15 is 0 Å². The Kier molecular flexibility index (Phi) is 3.74. The van der Waals surface area contributed by atoms with E-state index in [-0.39, 0.29) is 6.04 Å². The minimum absolute atomic E-state index is 0.157. The van der Waals surface area contributed by atoms with Crippen molar-refractivity contribution in [2.24, 2.45) is 17.8 Å². The Balaban J connectivity index is 1.61. The van der Waals surface area contributed by atoms with Crippen molar-refractivity contribution in [3.05, 3.63) is 63.1 Å². The largest absolute Gasteiger partial charge is 0.478 e. The smallest absolute Gasteiger partial charge is 0.335 e. The standard InChI is InChI=1S/C21H19Cl2NO2/c22-14-8-15-17-12-5-6-13(7-12)18(17)19(24-20(15)16(23)9-14)10-1-3-11(4-2-10)21(25)26/h1-4,8-9,12-13,17-19,24H,5-7H2,(H,25,26)/t12-,13-,17-,18+,19-/m0/s1. The van der Waals surface area contributed by atoms with Gasteiger partial charge < -0.3 is 10.4 Å². The van der Waals surface area contributed by atoms with Crippen molar-refractivity contribution in [1.82, 2.24) is 0 Å². The Hall–Kier alpha value is -1.71. The second-order valence-electron chi connectivity index (χ2n) is 7.84. The van der Waals surface area contributed by atoms with Crippen LogP contribution in [0.5, 0.6) is 0 Å². The summed E-state index contributed by atoms with van der Waals surface area (Å²) in [7, 11) is 0. The monoisotopic (exact) mass is 387 g/mol. The zero-order valence-electron chi connectivity index (χ0n) is 14.1. The van der Waals surface area contributed by atoms with Gasteiger partial charge in [0.25, 0.3) is 0 Å². The van der Waals surface area contributed by atoms with Gasteiger partial charge in [-0.3, -0.25) is 0 Å². The fourth-order valence-electron chi connectivity index (χ4n) is 5.68. The summed E-state index contributed by atoms with van der Waals surface area (Å²) in [6.07, 6.45) is 3.82. The summed E-state index contributed by atoms with van der Waals surface area (Å²) in [5.41, 5.74) is 3.71. The van der Waals surface area contributed by atoms with Gasteiger partial charge in [0.05, 0.1) is 22.3 Å². The van der Waals surface area contributed by atoms with Crippen molar-refractivity contribution in [3.63, 3.8) is 0 Å². The lowest BCUT2D eigenvalue weighted by molar-refractivity contribution is 0.0697. The van der Waals surface area contributed by atoms with Gasteiger partial charge in [-0.1, -0.05) is 35.3 Å². The van der Waals surface area contributed by atoms with Gasteiger partial charge in [-0.05, 0) is 78.3 Å². The zero-order chi connectivity index (χ0) is 18.0. The van der Waals surface area contributed by atoms with Crippen LogP contribution in [-0.2, 0) is 0 Å². The quantitative estimate of drug-likeness (QED) is 0.665. The SMILES string of the molecule is O=C(O)c1ccc([C@@H]2Nc3c(Cl)cc(Cl)cc3[C@@H]3[C@H]4CC[C@@H](C4)[C@H]32)cc1. The second kappa shape index (κ2) is 5.90. The molecule has 2 aliphatic carbocycles. The first-order valence-corrected chi connectivity index (χ1v) is 9.87. The van der Waals surface area contributed by atoms with E-state index in [1.54, 1.807) is 18.2 Å². The van der Waals surface area contributed by atoms with Gasteiger partial charge >= 0.3 is 5.97 Å². The maximum Gasteiger partial charge on any atom is 0.335 e. The first kappa shape index (κ1) is 16.5. The summed E-state index contributed by atoms with van der Waals surface area (Å²) in [5, 5.41) is 14.2. The molecular weight excluding hydrogens is 369 g/mol. The summed E-state index contributed by atoms with van der Waals surface area (Å²) in [5.74, 6) is 1.49. The Morgan fingerprint density at radius 1 is 1.08 bits per heavy atom. The Bertz CT molecular complexity index is 896. The first-order chi connectivity index (χ1) is 12.5. The van der Waals surface area contributed by atoms with E-state index in [2.05, 4.69) is 11.4 Å². The molecule has 2 aromatic carbocycles. The fourth-order valence-corrected chi connectivity index (χ4v) is 6.24. The zero-order valence-corrected chi connectivity index (χ0v) is 15.6. The van der Waals surface area contributed by atoms with Crippen LogP contribution >= 0.6 is 23.2 Å². The number of anilines is 1. The lowest BCUT2D eigenvalue weighted by Crippen LogP contribution is -2.35. The highest BCUT2D eigenvalue weighted by atomic mass is 35.5. The number of carboxylic acid groups (broad SMARTS) is 1. The molecule has 2 saturated carbocycles. The predicted molar refractivity (Wildman–Crippen MR) is 103 cm³/mol. The van der Waals surface area contributed by atoms with Gasteiger partial charge in [0.2, 0.25) is 0 Å². The van der Waals surface area contributed by atoms with E-state index in [1.807, 2.05) is 12.1 Å². The topological polar surface area (TPSA) is 49.3 Å². The van der Waals surface area contributed by atoms with E-state index in [1.165, 1.54) is 24.8 Å². The maximum absolute atomic E-state index is 11.2. The molecular formula is C21H19Cl2NO2. The van der Waals surface area contributed by atoms with Gasteiger partial charge in [0.1, 0.15) is 0 Å². The number of benzene rings is 2. The Morgan fingerprint density at radius 3 is 2.54 bits per heavy atom. The van der Waals surface area contributed by atoms with Crippen molar-refractivity contribution >= 4 is 34.9 Å². The molecule has 1 aliphatic heterocycles. The normalized spacial score (nSPS) is 31.2. The molecule has 0 amide bonds. The third kappa shape index (κ3) is 2.37. The molecule has 2 aromatic rings. The molecule has 0 radical (unpaired) electrons. The number of rotatable bonds is 2. The van der Waals surface area contributed by atoms with E-state index in [0.717, 1.165) is 11.3 Å². The van der Waals surface area contributed by atoms with E-state index in [4.69, 9.17) is 28.3 Å². The highest BCUT2D eigenvalue weighted by Crippen LogP contribution is 2.64. The molecule has 5 atom stereocenters. The van der Waals surface area contributed by atoms with Crippen LogP contribution < -0.4 is 5.32 Å². The number of hydrogen-bond acceptors (Lipinski definition) is 2. The van der Waals surface area contributed by atoms with Crippen LogP contribution in [0.1, 0.15) is 52.7 Å². The van der Waals surface area contributed by atoms with Crippen LogP contribution in [0.3, 0.4) is 0 Å². The molecule has 26 heavy (non-hydrogen) atoms. The van der Waals surface area contributed by atoms with Gasteiger partial charge in [-0.25, -0.2) is 4.79 Å². The Morgan fingerprint density at radius 2 is 1.81 bits per heavy atom. The highest BCUT2D eigenvalue weighted by molar-refractivity contribution is 6.36. The van der Waals surface area contributed by atoms with Crippen LogP contribution in [0.15, 0.2) is 36.4 Å². The Labute approximate surface area is 162 Å².